The van der Waals surface area contributed by atoms with Crippen LogP contribution in [-0.4, -0.2) is 45.5 Å². The Balaban J connectivity index is 4.10. The molecule has 0 saturated heterocycles. The number of aliphatic hydroxyl groups is 1. The topological polar surface area (TPSA) is 92.7 Å². The van der Waals surface area contributed by atoms with E-state index in [1.54, 1.807) is 0 Å². The number of methoxy groups -OCH3 is 1. The molecule has 6 nitrogen and oxygen atoms in total. The van der Waals surface area contributed by atoms with Crippen molar-refractivity contribution in [1.29, 1.82) is 0 Å². The first-order valence-electron chi connectivity index (χ1n) is 6.10. The van der Waals surface area contributed by atoms with Gasteiger partial charge in [-0.3, -0.25) is 4.79 Å². The second-order valence-corrected chi connectivity index (χ2v) is 6.09. The molecule has 1 atom stereocenters. The number of sulfonamides is 1. The lowest BCUT2D eigenvalue weighted by Crippen LogP contribution is -2.32. The van der Waals surface area contributed by atoms with Crippen LogP contribution < -0.4 is 4.72 Å². The van der Waals surface area contributed by atoms with Crippen molar-refractivity contribution < 1.29 is 23.1 Å². The first-order chi connectivity index (χ1) is 8.45. The van der Waals surface area contributed by atoms with Crippen LogP contribution in [0.3, 0.4) is 0 Å². The highest BCUT2D eigenvalue weighted by Gasteiger charge is 2.16. The van der Waals surface area contributed by atoms with E-state index in [1.807, 2.05) is 6.92 Å². The summed E-state index contributed by atoms with van der Waals surface area (Å²) in [6.07, 6.45) is 2.23. The van der Waals surface area contributed by atoms with Gasteiger partial charge in [0.2, 0.25) is 10.0 Å². The SMILES string of the molecule is CCCC(CCO)CNS(=O)(=O)CCC(=O)OC. The number of carbonyl (C=O) groups excluding carboxylic acids is 1. The average Bonchev–Trinajstić information content (AvgIpc) is 2.34. The second kappa shape index (κ2) is 9.29. The highest BCUT2D eigenvalue weighted by molar-refractivity contribution is 7.89. The van der Waals surface area contributed by atoms with Gasteiger partial charge in [-0.05, 0) is 18.8 Å². The number of nitrogens with one attached hydrogen (secondary N) is 1. The molecule has 0 heterocycles. The predicted molar refractivity (Wildman–Crippen MR) is 68.5 cm³/mol. The zero-order chi connectivity index (χ0) is 14.0. The smallest absolute Gasteiger partial charge is 0.306 e. The van der Waals surface area contributed by atoms with Gasteiger partial charge in [0.1, 0.15) is 0 Å². The van der Waals surface area contributed by atoms with Crippen molar-refractivity contribution in [3.05, 3.63) is 0 Å². The van der Waals surface area contributed by atoms with E-state index in [1.165, 1.54) is 7.11 Å². The Labute approximate surface area is 109 Å². The van der Waals surface area contributed by atoms with Crippen molar-refractivity contribution >= 4 is 16.0 Å². The summed E-state index contributed by atoms with van der Waals surface area (Å²) < 4.78 is 30.0. The average molecular weight is 281 g/mol. The minimum absolute atomic E-state index is 0.0502. The number of ether oxygens (including phenoxy) is 1. The van der Waals surface area contributed by atoms with Crippen molar-refractivity contribution in [3.8, 4) is 0 Å². The van der Waals surface area contributed by atoms with Gasteiger partial charge >= 0.3 is 5.97 Å². The lowest BCUT2D eigenvalue weighted by Gasteiger charge is -2.15. The van der Waals surface area contributed by atoms with Gasteiger partial charge in [-0.2, -0.15) is 0 Å². The van der Waals surface area contributed by atoms with Gasteiger partial charge in [0, 0.05) is 13.2 Å². The lowest BCUT2D eigenvalue weighted by molar-refractivity contribution is -0.140. The number of hydrogen-bond acceptors (Lipinski definition) is 5. The van der Waals surface area contributed by atoms with E-state index in [9.17, 15) is 13.2 Å². The van der Waals surface area contributed by atoms with Crippen LogP contribution in [0.1, 0.15) is 32.6 Å². The van der Waals surface area contributed by atoms with Crippen LogP contribution in [-0.2, 0) is 19.6 Å². The molecule has 0 saturated carbocycles. The van der Waals surface area contributed by atoms with E-state index in [0.717, 1.165) is 12.8 Å². The first kappa shape index (κ1) is 17.3. The molecule has 1 unspecified atom stereocenters. The van der Waals surface area contributed by atoms with Crippen LogP contribution >= 0.6 is 0 Å². The monoisotopic (exact) mass is 281 g/mol. The van der Waals surface area contributed by atoms with Gasteiger partial charge in [-0.25, -0.2) is 13.1 Å². The Morgan fingerprint density at radius 3 is 2.56 bits per heavy atom. The number of hydrogen-bond donors (Lipinski definition) is 2. The van der Waals surface area contributed by atoms with E-state index in [-0.39, 0.29) is 24.7 Å². The van der Waals surface area contributed by atoms with E-state index >= 15 is 0 Å². The minimum atomic E-state index is -3.45. The molecule has 2 N–H and O–H groups in total. The zero-order valence-electron chi connectivity index (χ0n) is 11.0. The van der Waals surface area contributed by atoms with Gasteiger partial charge in [0.15, 0.2) is 0 Å². The van der Waals surface area contributed by atoms with Gasteiger partial charge in [0.05, 0.1) is 19.3 Å². The normalized spacial score (nSPS) is 13.3. The summed E-state index contributed by atoms with van der Waals surface area (Å²) in [6.45, 7) is 2.36. The van der Waals surface area contributed by atoms with E-state index in [4.69, 9.17) is 5.11 Å². The lowest BCUT2D eigenvalue weighted by atomic mass is 10.0. The Kier molecular flexibility index (Phi) is 8.95. The van der Waals surface area contributed by atoms with Crippen molar-refractivity contribution in [2.75, 3.05) is 26.0 Å². The fourth-order valence-electron chi connectivity index (χ4n) is 1.58. The standard InChI is InChI=1S/C11H23NO5S/c1-3-4-10(5-7-13)9-12-18(15,16)8-6-11(14)17-2/h10,12-13H,3-9H2,1-2H3. The summed E-state index contributed by atoms with van der Waals surface area (Å²) in [5.74, 6) is -0.675. The van der Waals surface area contributed by atoms with Gasteiger partial charge < -0.3 is 9.84 Å². The molecule has 0 amide bonds. The highest BCUT2D eigenvalue weighted by Crippen LogP contribution is 2.10. The largest absolute Gasteiger partial charge is 0.469 e. The Morgan fingerprint density at radius 1 is 1.39 bits per heavy atom. The third-order valence-corrected chi connectivity index (χ3v) is 3.98. The Bertz CT molecular complexity index is 322. The summed E-state index contributed by atoms with van der Waals surface area (Å²) in [4.78, 5) is 10.9. The van der Waals surface area contributed by atoms with Crippen LogP contribution in [0.4, 0.5) is 0 Å². The Morgan fingerprint density at radius 2 is 2.06 bits per heavy atom. The molecule has 108 valence electrons. The molecule has 0 aromatic rings. The summed E-state index contributed by atoms with van der Waals surface area (Å²) in [5.41, 5.74) is 0. The quantitative estimate of drug-likeness (QED) is 0.561. The minimum Gasteiger partial charge on any atom is -0.469 e. The maximum Gasteiger partial charge on any atom is 0.306 e. The molecular weight excluding hydrogens is 258 g/mol. The molecule has 7 heteroatoms. The fourth-order valence-corrected chi connectivity index (χ4v) is 2.65. The summed E-state index contributed by atoms with van der Waals surface area (Å²) in [6, 6.07) is 0. The van der Waals surface area contributed by atoms with Crippen LogP contribution in [0.15, 0.2) is 0 Å². The molecule has 0 spiro atoms. The number of esters is 1. The van der Waals surface area contributed by atoms with Crippen molar-refractivity contribution in [2.45, 2.75) is 32.6 Å². The third kappa shape index (κ3) is 8.43. The fraction of sp³-hybridized carbons (Fsp3) is 0.909. The van der Waals surface area contributed by atoms with Crippen molar-refractivity contribution in [2.24, 2.45) is 5.92 Å². The summed E-state index contributed by atoms with van der Waals surface area (Å²) in [7, 11) is -2.23. The molecular formula is C11H23NO5S. The van der Waals surface area contributed by atoms with Gasteiger partial charge in [-0.1, -0.05) is 13.3 Å². The van der Waals surface area contributed by atoms with Crippen molar-refractivity contribution in [3.63, 3.8) is 0 Å². The summed E-state index contributed by atoms with van der Waals surface area (Å²) >= 11 is 0. The van der Waals surface area contributed by atoms with E-state index < -0.39 is 16.0 Å². The Hall–Kier alpha value is -0.660. The van der Waals surface area contributed by atoms with E-state index in [2.05, 4.69) is 9.46 Å². The van der Waals surface area contributed by atoms with Crippen LogP contribution in [0.25, 0.3) is 0 Å². The number of rotatable bonds is 10. The van der Waals surface area contributed by atoms with Gasteiger partial charge in [0.25, 0.3) is 0 Å². The van der Waals surface area contributed by atoms with Crippen LogP contribution in [0.2, 0.25) is 0 Å². The van der Waals surface area contributed by atoms with Gasteiger partial charge in [-0.15, -0.1) is 0 Å². The molecule has 0 fully saturated rings. The molecule has 18 heavy (non-hydrogen) atoms. The number of aliphatic hydroxyl groups excluding tert-OH is 1. The van der Waals surface area contributed by atoms with Crippen LogP contribution in [0.5, 0.6) is 0 Å². The predicted octanol–water partition coefficient (Wildman–Crippen LogP) is 0.268. The molecule has 0 aromatic carbocycles. The molecule has 0 bridgehead atoms. The molecule has 0 aromatic heterocycles. The third-order valence-electron chi connectivity index (χ3n) is 2.63. The molecule has 0 aliphatic heterocycles. The van der Waals surface area contributed by atoms with Crippen LogP contribution in [0, 0.1) is 5.92 Å². The second-order valence-electron chi connectivity index (χ2n) is 4.16. The van der Waals surface area contributed by atoms with E-state index in [0.29, 0.717) is 13.0 Å². The molecule has 0 aliphatic rings. The molecule has 0 rings (SSSR count). The zero-order valence-corrected chi connectivity index (χ0v) is 11.8. The molecule has 0 aliphatic carbocycles. The highest BCUT2D eigenvalue weighted by atomic mass is 32.2. The van der Waals surface area contributed by atoms with Crippen molar-refractivity contribution in [1.82, 2.24) is 4.72 Å². The summed E-state index contributed by atoms with van der Waals surface area (Å²) in [5, 5.41) is 8.86. The number of carbonyl (C=O) groups is 1. The first-order valence-corrected chi connectivity index (χ1v) is 7.75. The molecule has 0 radical (unpaired) electrons. The maximum atomic E-state index is 11.6. The maximum absolute atomic E-state index is 11.6.